The lowest BCUT2D eigenvalue weighted by atomic mass is 10.2. The molecule has 0 unspecified atom stereocenters. The first-order valence-electron chi connectivity index (χ1n) is 5.78. The van der Waals surface area contributed by atoms with E-state index in [4.69, 9.17) is 27.9 Å². The second kappa shape index (κ2) is 6.11. The molecular formula is C14H11Cl2NO3. The first kappa shape index (κ1) is 14.6. The minimum Gasteiger partial charge on any atom is -0.457 e. The molecule has 2 rings (SSSR count). The highest BCUT2D eigenvalue weighted by atomic mass is 35.5. The first-order valence-corrected chi connectivity index (χ1v) is 6.70. The van der Waals surface area contributed by atoms with E-state index < -0.39 is 4.92 Å². The summed E-state index contributed by atoms with van der Waals surface area (Å²) < 4.78 is 5.65. The number of hydrogen-bond acceptors (Lipinski definition) is 3. The summed E-state index contributed by atoms with van der Waals surface area (Å²) in [4.78, 5) is 10.3. The summed E-state index contributed by atoms with van der Waals surface area (Å²) in [6.45, 7) is 1.81. The van der Waals surface area contributed by atoms with Gasteiger partial charge in [0.25, 0.3) is 5.69 Å². The molecule has 104 valence electrons. The third kappa shape index (κ3) is 3.21. The molecular weight excluding hydrogens is 301 g/mol. The lowest BCUT2D eigenvalue weighted by molar-refractivity contribution is -0.384. The molecule has 0 aliphatic rings. The van der Waals surface area contributed by atoms with Gasteiger partial charge in [0.2, 0.25) is 0 Å². The number of rotatable bonds is 4. The van der Waals surface area contributed by atoms with Gasteiger partial charge in [0.05, 0.1) is 11.0 Å². The second-order valence-corrected chi connectivity index (χ2v) is 4.87. The summed E-state index contributed by atoms with van der Waals surface area (Å²) in [5.74, 6) is 1.25. The first-order chi connectivity index (χ1) is 9.51. The number of alkyl halides is 1. The fourth-order valence-corrected chi connectivity index (χ4v) is 2.18. The smallest absolute Gasteiger partial charge is 0.273 e. The van der Waals surface area contributed by atoms with Crippen LogP contribution in [0.5, 0.6) is 11.5 Å². The van der Waals surface area contributed by atoms with Gasteiger partial charge in [0, 0.05) is 17.0 Å². The minimum atomic E-state index is -0.462. The van der Waals surface area contributed by atoms with E-state index in [1.54, 1.807) is 24.3 Å². The normalized spacial score (nSPS) is 10.3. The molecule has 0 aromatic heterocycles. The summed E-state index contributed by atoms with van der Waals surface area (Å²) in [7, 11) is 0. The van der Waals surface area contributed by atoms with Crippen molar-refractivity contribution in [1.82, 2.24) is 0 Å². The van der Waals surface area contributed by atoms with E-state index in [0.29, 0.717) is 22.4 Å². The number of benzene rings is 2. The maximum atomic E-state index is 10.8. The second-order valence-electron chi connectivity index (χ2n) is 4.20. The van der Waals surface area contributed by atoms with E-state index in [-0.39, 0.29) is 5.69 Å². The molecule has 0 amide bonds. The third-order valence-corrected chi connectivity index (χ3v) is 3.42. The van der Waals surface area contributed by atoms with Crippen molar-refractivity contribution in [2.75, 3.05) is 0 Å². The molecule has 20 heavy (non-hydrogen) atoms. The van der Waals surface area contributed by atoms with Gasteiger partial charge >= 0.3 is 0 Å². The average Bonchev–Trinajstić information content (AvgIpc) is 2.41. The zero-order valence-corrected chi connectivity index (χ0v) is 12.1. The molecule has 0 saturated carbocycles. The minimum absolute atomic E-state index is 0.0194. The monoisotopic (exact) mass is 311 g/mol. The summed E-state index contributed by atoms with van der Waals surface area (Å²) in [6, 6.07) is 9.59. The standard InChI is InChI=1S/C14H11Cl2NO3/c1-9-2-4-11(17(18)19)6-14(9)20-12-5-3-10(8-15)13(16)7-12/h2-7H,8H2,1H3. The van der Waals surface area contributed by atoms with Gasteiger partial charge in [0.15, 0.2) is 0 Å². The molecule has 0 bridgehead atoms. The van der Waals surface area contributed by atoms with Gasteiger partial charge in [-0.3, -0.25) is 10.1 Å². The van der Waals surface area contributed by atoms with Crippen molar-refractivity contribution >= 4 is 28.9 Å². The Kier molecular flexibility index (Phi) is 4.47. The van der Waals surface area contributed by atoms with Crippen LogP contribution in [0.15, 0.2) is 36.4 Å². The highest BCUT2D eigenvalue weighted by molar-refractivity contribution is 6.32. The zero-order chi connectivity index (χ0) is 14.7. The van der Waals surface area contributed by atoms with Crippen LogP contribution in [0, 0.1) is 17.0 Å². The lowest BCUT2D eigenvalue weighted by Crippen LogP contribution is -1.92. The topological polar surface area (TPSA) is 52.4 Å². The Balaban J connectivity index is 2.32. The van der Waals surface area contributed by atoms with Crippen LogP contribution in [0.4, 0.5) is 5.69 Å². The van der Waals surface area contributed by atoms with Gasteiger partial charge in [-0.2, -0.15) is 0 Å². The molecule has 6 heteroatoms. The SMILES string of the molecule is Cc1ccc([N+](=O)[O-])cc1Oc1ccc(CCl)c(Cl)c1. The largest absolute Gasteiger partial charge is 0.457 e. The van der Waals surface area contributed by atoms with Gasteiger partial charge < -0.3 is 4.74 Å². The highest BCUT2D eigenvalue weighted by Gasteiger charge is 2.11. The molecule has 2 aromatic carbocycles. The van der Waals surface area contributed by atoms with Crippen LogP contribution in [-0.2, 0) is 5.88 Å². The number of non-ortho nitro benzene ring substituents is 1. The molecule has 2 aromatic rings. The number of nitro groups is 1. The van der Waals surface area contributed by atoms with E-state index in [0.717, 1.165) is 11.1 Å². The number of ether oxygens (including phenoxy) is 1. The molecule has 0 spiro atoms. The number of halogens is 2. The van der Waals surface area contributed by atoms with Gasteiger partial charge in [0.1, 0.15) is 11.5 Å². The fraction of sp³-hybridized carbons (Fsp3) is 0.143. The van der Waals surface area contributed by atoms with Crippen molar-refractivity contribution < 1.29 is 9.66 Å². The number of aryl methyl sites for hydroxylation is 1. The van der Waals surface area contributed by atoms with Crippen LogP contribution < -0.4 is 4.74 Å². The van der Waals surface area contributed by atoms with Crippen LogP contribution >= 0.6 is 23.2 Å². The molecule has 0 saturated heterocycles. The van der Waals surface area contributed by atoms with Crippen molar-refractivity contribution in [2.24, 2.45) is 0 Å². The number of nitrogens with zero attached hydrogens (tertiary/aromatic N) is 1. The molecule has 0 aliphatic heterocycles. The van der Waals surface area contributed by atoms with Crippen molar-refractivity contribution in [1.29, 1.82) is 0 Å². The van der Waals surface area contributed by atoms with Crippen molar-refractivity contribution in [2.45, 2.75) is 12.8 Å². The quantitative estimate of drug-likeness (QED) is 0.449. The maximum absolute atomic E-state index is 10.8. The Morgan fingerprint density at radius 3 is 2.60 bits per heavy atom. The summed E-state index contributed by atoms with van der Waals surface area (Å²) in [5, 5.41) is 11.3. The van der Waals surface area contributed by atoms with E-state index in [1.807, 2.05) is 6.92 Å². The number of nitro benzene ring substituents is 1. The predicted octanol–water partition coefficient (Wildman–Crippen LogP) is 5.09. The van der Waals surface area contributed by atoms with E-state index in [1.165, 1.54) is 12.1 Å². The Morgan fingerprint density at radius 2 is 2.00 bits per heavy atom. The molecule has 0 N–H and O–H groups in total. The van der Waals surface area contributed by atoms with Gasteiger partial charge in [-0.25, -0.2) is 0 Å². The molecule has 4 nitrogen and oxygen atoms in total. The van der Waals surface area contributed by atoms with E-state index >= 15 is 0 Å². The molecule has 0 aliphatic carbocycles. The summed E-state index contributed by atoms with van der Waals surface area (Å²) >= 11 is 11.8. The number of hydrogen-bond donors (Lipinski definition) is 0. The van der Waals surface area contributed by atoms with Gasteiger partial charge in [-0.15, -0.1) is 11.6 Å². The van der Waals surface area contributed by atoms with Crippen molar-refractivity contribution in [3.63, 3.8) is 0 Å². The molecule has 0 heterocycles. The Morgan fingerprint density at radius 1 is 1.25 bits per heavy atom. The molecule has 0 fully saturated rings. The van der Waals surface area contributed by atoms with Crippen molar-refractivity contribution in [3.8, 4) is 11.5 Å². The van der Waals surface area contributed by atoms with Crippen LogP contribution in [0.1, 0.15) is 11.1 Å². The van der Waals surface area contributed by atoms with Crippen LogP contribution in [0.25, 0.3) is 0 Å². The summed E-state index contributed by atoms with van der Waals surface area (Å²) in [6.07, 6.45) is 0. The predicted molar refractivity (Wildman–Crippen MR) is 78.9 cm³/mol. The van der Waals surface area contributed by atoms with Crippen molar-refractivity contribution in [3.05, 3.63) is 62.7 Å². The Bertz CT molecular complexity index is 659. The van der Waals surface area contributed by atoms with E-state index in [2.05, 4.69) is 0 Å². The van der Waals surface area contributed by atoms with Crippen LogP contribution in [0.3, 0.4) is 0 Å². The van der Waals surface area contributed by atoms with Gasteiger partial charge in [-0.1, -0.05) is 17.7 Å². The van der Waals surface area contributed by atoms with Crippen LogP contribution in [-0.4, -0.2) is 4.92 Å². The third-order valence-electron chi connectivity index (χ3n) is 2.78. The lowest BCUT2D eigenvalue weighted by Gasteiger charge is -2.10. The van der Waals surface area contributed by atoms with E-state index in [9.17, 15) is 10.1 Å². The average molecular weight is 312 g/mol. The zero-order valence-electron chi connectivity index (χ0n) is 10.6. The Hall–Kier alpha value is -1.78. The molecule has 0 radical (unpaired) electrons. The fourth-order valence-electron chi connectivity index (χ4n) is 1.64. The highest BCUT2D eigenvalue weighted by Crippen LogP contribution is 2.31. The summed E-state index contributed by atoms with van der Waals surface area (Å²) in [5.41, 5.74) is 1.58. The maximum Gasteiger partial charge on any atom is 0.273 e. The molecule has 0 atom stereocenters. The Labute approximate surface area is 126 Å². The van der Waals surface area contributed by atoms with Crippen LogP contribution in [0.2, 0.25) is 5.02 Å². The van der Waals surface area contributed by atoms with Gasteiger partial charge in [-0.05, 0) is 36.2 Å².